The van der Waals surface area contributed by atoms with Crippen molar-refractivity contribution in [1.29, 1.82) is 0 Å². The molecule has 0 aliphatic rings. The van der Waals surface area contributed by atoms with Crippen LogP contribution in [0.2, 0.25) is 0 Å². The van der Waals surface area contributed by atoms with E-state index in [2.05, 4.69) is 10.3 Å². The molecule has 4 aromatic rings. The molecule has 0 saturated heterocycles. The number of carbonyl (C=O) groups excluding carboxylic acids is 1. The van der Waals surface area contributed by atoms with Crippen LogP contribution in [0.15, 0.2) is 72.9 Å². The van der Waals surface area contributed by atoms with Crippen molar-refractivity contribution in [2.45, 2.75) is 12.5 Å². The Hall–Kier alpha value is -4.70. The number of pyridine rings is 1. The summed E-state index contributed by atoms with van der Waals surface area (Å²) in [5.41, 5.74) is 6.53. The Morgan fingerprint density at radius 2 is 1.81 bits per heavy atom. The van der Waals surface area contributed by atoms with E-state index in [1.165, 1.54) is 25.3 Å². The van der Waals surface area contributed by atoms with Gasteiger partial charge in [-0.3, -0.25) is 14.6 Å². The van der Waals surface area contributed by atoms with Crippen LogP contribution in [0.25, 0.3) is 10.9 Å². The Bertz CT molecular complexity index is 1430. The first-order valence-electron chi connectivity index (χ1n) is 11.3. The molecule has 10 heteroatoms. The fraction of sp³-hybridized carbons (Fsp3) is 0.148. The highest BCUT2D eigenvalue weighted by Crippen LogP contribution is 2.37. The van der Waals surface area contributed by atoms with Crippen LogP contribution in [0.3, 0.4) is 0 Å². The summed E-state index contributed by atoms with van der Waals surface area (Å²) in [5, 5.41) is 12.2. The molecule has 4 rings (SSSR count). The van der Waals surface area contributed by atoms with Crippen molar-refractivity contribution in [3.8, 4) is 23.0 Å². The molecular weight excluding hydrogens is 481 g/mol. The lowest BCUT2D eigenvalue weighted by Crippen LogP contribution is -2.31. The molecule has 190 valence electrons. The predicted octanol–water partition coefficient (Wildman–Crippen LogP) is 4.61. The van der Waals surface area contributed by atoms with Crippen LogP contribution in [0.4, 0.5) is 10.1 Å². The van der Waals surface area contributed by atoms with Gasteiger partial charge in [0.05, 0.1) is 24.8 Å². The zero-order valence-corrected chi connectivity index (χ0v) is 19.8. The third kappa shape index (κ3) is 6.11. The van der Waals surface area contributed by atoms with Gasteiger partial charge in [0.15, 0.2) is 11.5 Å². The number of ether oxygens (including phenoxy) is 3. The summed E-state index contributed by atoms with van der Waals surface area (Å²) in [7, 11) is 1.49. The maximum absolute atomic E-state index is 13.8. The molecule has 0 fully saturated rings. The van der Waals surface area contributed by atoms with Gasteiger partial charge in [-0.25, -0.2) is 4.39 Å². The van der Waals surface area contributed by atoms with Gasteiger partial charge >= 0.3 is 5.97 Å². The van der Waals surface area contributed by atoms with Gasteiger partial charge in [0, 0.05) is 29.8 Å². The number of hydrogen-bond acceptors (Lipinski definition) is 7. The van der Waals surface area contributed by atoms with Crippen LogP contribution >= 0.6 is 0 Å². The van der Waals surface area contributed by atoms with Gasteiger partial charge in [0.1, 0.15) is 23.4 Å². The van der Waals surface area contributed by atoms with Crippen LogP contribution < -0.4 is 25.3 Å². The zero-order valence-electron chi connectivity index (χ0n) is 19.8. The third-order valence-electron chi connectivity index (χ3n) is 5.45. The maximum atomic E-state index is 13.8. The summed E-state index contributed by atoms with van der Waals surface area (Å²) in [5.74, 6) is -0.436. The first kappa shape index (κ1) is 25.4. The van der Waals surface area contributed by atoms with Crippen molar-refractivity contribution < 1.29 is 33.3 Å². The molecule has 9 nitrogen and oxygen atoms in total. The largest absolute Gasteiger partial charge is 0.493 e. The highest BCUT2D eigenvalue weighted by atomic mass is 19.1. The topological polar surface area (TPSA) is 133 Å². The predicted molar refractivity (Wildman–Crippen MR) is 135 cm³/mol. The summed E-state index contributed by atoms with van der Waals surface area (Å²) in [6, 6.07) is 16.4. The molecule has 0 aliphatic carbocycles. The first-order chi connectivity index (χ1) is 17.9. The van der Waals surface area contributed by atoms with E-state index in [0.29, 0.717) is 39.6 Å². The number of rotatable bonds is 10. The molecule has 0 bridgehead atoms. The minimum absolute atomic E-state index is 0.0480. The number of amides is 1. The second kappa shape index (κ2) is 11.4. The molecular formula is C27H24FN3O6. The maximum Gasteiger partial charge on any atom is 0.320 e. The molecule has 1 aromatic heterocycles. The standard InChI is InChI=1S/C27H24FN3O6/c1-35-24-14-19-22(15-25(24)36-13-11-21(29)27(33)34)30-12-10-23(19)37-17-8-6-16(7-9-17)31-26(32)18-4-2-3-5-20(18)28/h2-10,12,14-15,21H,11,13,29H2,1H3,(H,31,32)(H,33,34). The average Bonchev–Trinajstić information content (AvgIpc) is 2.89. The number of aromatic nitrogens is 1. The van der Waals surface area contributed by atoms with Gasteiger partial charge in [-0.15, -0.1) is 0 Å². The quantitative estimate of drug-likeness (QED) is 0.285. The lowest BCUT2D eigenvalue weighted by Gasteiger charge is -2.15. The number of carbonyl (C=O) groups is 2. The number of hydrogen-bond donors (Lipinski definition) is 3. The number of nitrogens with two attached hydrogens (primary N) is 1. The van der Waals surface area contributed by atoms with Crippen LogP contribution in [0.1, 0.15) is 16.8 Å². The monoisotopic (exact) mass is 505 g/mol. The number of anilines is 1. The molecule has 0 saturated carbocycles. The molecule has 1 amide bonds. The Labute approximate surface area is 211 Å². The lowest BCUT2D eigenvalue weighted by atomic mass is 10.1. The molecule has 37 heavy (non-hydrogen) atoms. The summed E-state index contributed by atoms with van der Waals surface area (Å²) in [6.45, 7) is 0.0886. The number of benzene rings is 3. The van der Waals surface area contributed by atoms with E-state index >= 15 is 0 Å². The van der Waals surface area contributed by atoms with Gasteiger partial charge in [-0.1, -0.05) is 12.1 Å². The summed E-state index contributed by atoms with van der Waals surface area (Å²) >= 11 is 0. The van der Waals surface area contributed by atoms with Gasteiger partial charge in [-0.05, 0) is 48.5 Å². The molecule has 4 N–H and O–H groups in total. The van der Waals surface area contributed by atoms with Crippen molar-refractivity contribution in [2.24, 2.45) is 5.73 Å². The number of fused-ring (bicyclic) bond motifs is 1. The van der Waals surface area contributed by atoms with E-state index in [4.69, 9.17) is 25.1 Å². The molecule has 1 atom stereocenters. The molecule has 0 aliphatic heterocycles. The Balaban J connectivity index is 1.49. The van der Waals surface area contributed by atoms with Crippen molar-refractivity contribution in [1.82, 2.24) is 4.98 Å². The second-order valence-corrected chi connectivity index (χ2v) is 7.97. The highest BCUT2D eigenvalue weighted by molar-refractivity contribution is 6.04. The van der Waals surface area contributed by atoms with Crippen molar-refractivity contribution in [3.63, 3.8) is 0 Å². The minimum atomic E-state index is -1.10. The molecule has 0 spiro atoms. The summed E-state index contributed by atoms with van der Waals surface area (Å²) in [4.78, 5) is 27.6. The third-order valence-corrected chi connectivity index (χ3v) is 5.45. The SMILES string of the molecule is COc1cc2c(Oc3ccc(NC(=O)c4ccccc4F)cc3)ccnc2cc1OCCC(N)C(=O)O. The Morgan fingerprint density at radius 1 is 1.05 bits per heavy atom. The smallest absolute Gasteiger partial charge is 0.320 e. The Morgan fingerprint density at radius 3 is 2.51 bits per heavy atom. The Kier molecular flexibility index (Phi) is 7.80. The van der Waals surface area contributed by atoms with E-state index in [1.54, 1.807) is 54.7 Å². The number of nitrogens with zero attached hydrogens (tertiary/aromatic N) is 1. The lowest BCUT2D eigenvalue weighted by molar-refractivity contribution is -0.138. The van der Waals surface area contributed by atoms with Gasteiger partial charge < -0.3 is 30.4 Å². The highest BCUT2D eigenvalue weighted by Gasteiger charge is 2.15. The van der Waals surface area contributed by atoms with Gasteiger partial charge in [-0.2, -0.15) is 0 Å². The fourth-order valence-electron chi connectivity index (χ4n) is 3.49. The summed E-state index contributed by atoms with van der Waals surface area (Å²) < 4.78 is 31.0. The van der Waals surface area contributed by atoms with E-state index in [1.807, 2.05) is 0 Å². The van der Waals surface area contributed by atoms with E-state index in [9.17, 15) is 14.0 Å². The van der Waals surface area contributed by atoms with Gasteiger partial charge in [0.2, 0.25) is 0 Å². The summed E-state index contributed by atoms with van der Waals surface area (Å²) in [6.07, 6.45) is 1.71. The number of aliphatic carboxylic acids is 1. The average molecular weight is 506 g/mol. The van der Waals surface area contributed by atoms with Gasteiger partial charge in [0.25, 0.3) is 5.91 Å². The van der Waals surface area contributed by atoms with E-state index in [0.717, 1.165) is 0 Å². The number of carboxylic acid groups (broad SMARTS) is 1. The second-order valence-electron chi connectivity index (χ2n) is 7.97. The molecule has 1 heterocycles. The number of nitrogens with one attached hydrogen (secondary N) is 1. The normalized spacial score (nSPS) is 11.5. The van der Waals surface area contributed by atoms with E-state index < -0.39 is 23.7 Å². The van der Waals surface area contributed by atoms with Crippen LogP contribution in [0, 0.1) is 5.82 Å². The molecule has 0 radical (unpaired) electrons. The molecule has 1 unspecified atom stereocenters. The van der Waals surface area contributed by atoms with Crippen molar-refractivity contribution in [2.75, 3.05) is 19.0 Å². The van der Waals surface area contributed by atoms with Crippen LogP contribution in [-0.4, -0.2) is 41.7 Å². The zero-order chi connectivity index (χ0) is 26.4. The number of halogens is 1. The number of carboxylic acids is 1. The van der Waals surface area contributed by atoms with Crippen molar-refractivity contribution in [3.05, 3.63) is 84.3 Å². The minimum Gasteiger partial charge on any atom is -0.493 e. The first-order valence-corrected chi connectivity index (χ1v) is 11.3. The van der Waals surface area contributed by atoms with Crippen LogP contribution in [-0.2, 0) is 4.79 Å². The van der Waals surface area contributed by atoms with E-state index in [-0.39, 0.29) is 18.6 Å². The molecule has 3 aromatic carbocycles. The fourth-order valence-corrected chi connectivity index (χ4v) is 3.49. The van der Waals surface area contributed by atoms with Crippen molar-refractivity contribution >= 4 is 28.5 Å². The number of methoxy groups -OCH3 is 1. The van der Waals surface area contributed by atoms with Crippen LogP contribution in [0.5, 0.6) is 23.0 Å².